The molecule has 0 unspecified atom stereocenters. The molecule has 0 aliphatic rings. The van der Waals surface area contributed by atoms with Crippen molar-refractivity contribution in [3.8, 4) is 0 Å². The lowest BCUT2D eigenvalue weighted by atomic mass is 10.1. The summed E-state index contributed by atoms with van der Waals surface area (Å²) in [6.45, 7) is 1.75. The van der Waals surface area contributed by atoms with Crippen LogP contribution in [0.1, 0.15) is 18.6 Å². The number of hydrogen-bond acceptors (Lipinski definition) is 3. The molecule has 1 aromatic carbocycles. The zero-order valence-corrected chi connectivity index (χ0v) is 10.9. The second-order valence-electron chi connectivity index (χ2n) is 3.64. The zero-order chi connectivity index (χ0) is 12.3. The third kappa shape index (κ3) is 3.22. The van der Waals surface area contributed by atoms with Gasteiger partial charge in [0.1, 0.15) is 5.03 Å². The van der Waals surface area contributed by atoms with E-state index in [-0.39, 0.29) is 0 Å². The minimum atomic E-state index is -0.438. The number of benzene rings is 1. The molecule has 0 aliphatic carbocycles. The van der Waals surface area contributed by atoms with Gasteiger partial charge in [-0.25, -0.2) is 4.98 Å². The van der Waals surface area contributed by atoms with Gasteiger partial charge in [-0.1, -0.05) is 35.5 Å². The Morgan fingerprint density at radius 2 is 1.94 bits per heavy atom. The molecule has 4 heteroatoms. The van der Waals surface area contributed by atoms with E-state index >= 15 is 0 Å². The maximum Gasteiger partial charge on any atom is 0.119 e. The molecule has 0 saturated carbocycles. The van der Waals surface area contributed by atoms with Crippen molar-refractivity contribution in [1.29, 1.82) is 0 Å². The summed E-state index contributed by atoms with van der Waals surface area (Å²) >= 11 is 7.54. The van der Waals surface area contributed by atoms with E-state index < -0.39 is 6.10 Å². The Labute approximate surface area is 110 Å². The molecule has 1 heterocycles. The highest BCUT2D eigenvalue weighted by Crippen LogP contribution is 2.31. The molecular weight excluding hydrogens is 254 g/mol. The first-order chi connectivity index (χ1) is 8.16. The fourth-order valence-electron chi connectivity index (χ4n) is 1.37. The van der Waals surface area contributed by atoms with Crippen molar-refractivity contribution in [2.24, 2.45) is 0 Å². The second-order valence-corrected chi connectivity index (χ2v) is 5.11. The molecule has 0 bridgehead atoms. The van der Waals surface area contributed by atoms with E-state index in [1.165, 1.54) is 11.8 Å². The molecule has 0 amide bonds. The Kier molecular flexibility index (Phi) is 4.05. The average molecular weight is 266 g/mol. The SMILES string of the molecule is C[C@H](O)c1ccc(Sc2ncccc2Cl)cc1. The molecule has 0 spiro atoms. The third-order valence-electron chi connectivity index (χ3n) is 2.30. The van der Waals surface area contributed by atoms with Gasteiger partial charge in [0.15, 0.2) is 0 Å². The minimum Gasteiger partial charge on any atom is -0.389 e. The quantitative estimate of drug-likeness (QED) is 0.913. The van der Waals surface area contributed by atoms with Crippen molar-refractivity contribution in [2.45, 2.75) is 22.9 Å². The molecule has 2 aromatic rings. The normalized spacial score (nSPS) is 12.4. The first kappa shape index (κ1) is 12.4. The van der Waals surface area contributed by atoms with Crippen LogP contribution in [0.25, 0.3) is 0 Å². The van der Waals surface area contributed by atoms with Crippen LogP contribution in [0.5, 0.6) is 0 Å². The Morgan fingerprint density at radius 3 is 2.53 bits per heavy atom. The minimum absolute atomic E-state index is 0.438. The van der Waals surface area contributed by atoms with E-state index in [4.69, 9.17) is 11.6 Å². The predicted molar refractivity (Wildman–Crippen MR) is 70.4 cm³/mol. The molecule has 1 N–H and O–H groups in total. The monoisotopic (exact) mass is 265 g/mol. The fourth-order valence-corrected chi connectivity index (χ4v) is 2.38. The highest BCUT2D eigenvalue weighted by molar-refractivity contribution is 7.99. The molecule has 88 valence electrons. The van der Waals surface area contributed by atoms with Crippen LogP contribution in [0.4, 0.5) is 0 Å². The summed E-state index contributed by atoms with van der Waals surface area (Å²) in [6, 6.07) is 11.4. The van der Waals surface area contributed by atoms with Gasteiger partial charge in [0.05, 0.1) is 11.1 Å². The molecule has 0 radical (unpaired) electrons. The fraction of sp³-hybridized carbons (Fsp3) is 0.154. The first-order valence-corrected chi connectivity index (χ1v) is 6.42. The van der Waals surface area contributed by atoms with Gasteiger partial charge in [-0.05, 0) is 36.8 Å². The number of rotatable bonds is 3. The molecule has 2 rings (SSSR count). The largest absolute Gasteiger partial charge is 0.389 e. The van der Waals surface area contributed by atoms with Crippen molar-refractivity contribution in [3.05, 3.63) is 53.2 Å². The maximum atomic E-state index is 9.41. The van der Waals surface area contributed by atoms with Gasteiger partial charge in [0.25, 0.3) is 0 Å². The summed E-state index contributed by atoms with van der Waals surface area (Å²) < 4.78 is 0. The number of aliphatic hydroxyl groups is 1. The molecule has 1 aromatic heterocycles. The molecule has 2 nitrogen and oxygen atoms in total. The van der Waals surface area contributed by atoms with Crippen LogP contribution in [-0.2, 0) is 0 Å². The topological polar surface area (TPSA) is 33.1 Å². The van der Waals surface area contributed by atoms with Crippen molar-refractivity contribution >= 4 is 23.4 Å². The van der Waals surface area contributed by atoms with Crippen LogP contribution < -0.4 is 0 Å². The lowest BCUT2D eigenvalue weighted by Crippen LogP contribution is -1.89. The van der Waals surface area contributed by atoms with Crippen LogP contribution in [0.2, 0.25) is 5.02 Å². The van der Waals surface area contributed by atoms with E-state index in [1.54, 1.807) is 13.1 Å². The third-order valence-corrected chi connectivity index (χ3v) is 3.75. The van der Waals surface area contributed by atoms with Crippen molar-refractivity contribution in [2.75, 3.05) is 0 Å². The summed E-state index contributed by atoms with van der Waals surface area (Å²) in [7, 11) is 0. The van der Waals surface area contributed by atoms with Gasteiger partial charge in [-0.2, -0.15) is 0 Å². The molecule has 17 heavy (non-hydrogen) atoms. The summed E-state index contributed by atoms with van der Waals surface area (Å²) in [6.07, 6.45) is 1.28. The van der Waals surface area contributed by atoms with Gasteiger partial charge in [0, 0.05) is 11.1 Å². The summed E-state index contributed by atoms with van der Waals surface area (Å²) in [5, 5.41) is 10.8. The van der Waals surface area contributed by atoms with E-state index in [0.29, 0.717) is 5.02 Å². The number of aliphatic hydroxyl groups excluding tert-OH is 1. The second kappa shape index (κ2) is 5.54. The molecule has 0 aliphatic heterocycles. The van der Waals surface area contributed by atoms with Gasteiger partial charge >= 0.3 is 0 Å². The summed E-state index contributed by atoms with van der Waals surface area (Å²) in [5.41, 5.74) is 0.904. The molecule has 0 saturated heterocycles. The summed E-state index contributed by atoms with van der Waals surface area (Å²) in [4.78, 5) is 5.26. The van der Waals surface area contributed by atoms with Crippen molar-refractivity contribution < 1.29 is 5.11 Å². The molecule has 0 fully saturated rings. The van der Waals surface area contributed by atoms with Gasteiger partial charge < -0.3 is 5.11 Å². The Hall–Kier alpha value is -1.03. The maximum absolute atomic E-state index is 9.41. The van der Waals surface area contributed by atoms with E-state index in [9.17, 15) is 5.11 Å². The highest BCUT2D eigenvalue weighted by atomic mass is 35.5. The van der Waals surface area contributed by atoms with Crippen LogP contribution in [-0.4, -0.2) is 10.1 Å². The molecular formula is C13H12ClNOS. The smallest absolute Gasteiger partial charge is 0.119 e. The van der Waals surface area contributed by atoms with Crippen molar-refractivity contribution in [1.82, 2.24) is 4.98 Å². The highest BCUT2D eigenvalue weighted by Gasteiger charge is 2.04. The van der Waals surface area contributed by atoms with Crippen LogP contribution in [0.15, 0.2) is 52.5 Å². The predicted octanol–water partition coefficient (Wildman–Crippen LogP) is 3.94. The lowest BCUT2D eigenvalue weighted by molar-refractivity contribution is 0.199. The number of aromatic nitrogens is 1. The van der Waals surface area contributed by atoms with Gasteiger partial charge in [-0.15, -0.1) is 0 Å². The Morgan fingerprint density at radius 1 is 1.24 bits per heavy atom. The molecule has 1 atom stereocenters. The lowest BCUT2D eigenvalue weighted by Gasteiger charge is -2.06. The van der Waals surface area contributed by atoms with Gasteiger partial charge in [0.2, 0.25) is 0 Å². The number of hydrogen-bond donors (Lipinski definition) is 1. The zero-order valence-electron chi connectivity index (χ0n) is 9.30. The van der Waals surface area contributed by atoms with Crippen LogP contribution in [0, 0.1) is 0 Å². The average Bonchev–Trinajstić information content (AvgIpc) is 2.33. The van der Waals surface area contributed by atoms with E-state index in [2.05, 4.69) is 4.98 Å². The van der Waals surface area contributed by atoms with Crippen LogP contribution >= 0.6 is 23.4 Å². The Balaban J connectivity index is 2.17. The number of nitrogens with zero attached hydrogens (tertiary/aromatic N) is 1. The number of halogens is 1. The first-order valence-electron chi connectivity index (χ1n) is 5.23. The van der Waals surface area contributed by atoms with Gasteiger partial charge in [-0.3, -0.25) is 0 Å². The van der Waals surface area contributed by atoms with E-state index in [1.807, 2.05) is 36.4 Å². The summed E-state index contributed by atoms with van der Waals surface area (Å²) in [5.74, 6) is 0. The standard InChI is InChI=1S/C13H12ClNOS/c1-9(16)10-4-6-11(7-5-10)17-13-12(14)3-2-8-15-13/h2-9,16H,1H3/t9-/m0/s1. The van der Waals surface area contributed by atoms with Crippen molar-refractivity contribution in [3.63, 3.8) is 0 Å². The van der Waals surface area contributed by atoms with E-state index in [0.717, 1.165) is 15.5 Å². The number of pyridine rings is 1. The van der Waals surface area contributed by atoms with Crippen LogP contribution in [0.3, 0.4) is 0 Å². The Bertz CT molecular complexity index is 499.